The number of carbonyl (C=O) groups excluding carboxylic acids is 4. The molecule has 166 valence electrons. The lowest BCUT2D eigenvalue weighted by Gasteiger charge is -2.30. The minimum Gasteiger partial charge on any atom is -0.292 e. The van der Waals surface area contributed by atoms with E-state index in [2.05, 4.69) is 0 Å². The Kier molecular flexibility index (Phi) is 6.56. The molecule has 2 aromatic rings. The fourth-order valence-corrected chi connectivity index (χ4v) is 4.93. The average Bonchev–Trinajstić information content (AvgIpc) is 3.02. The number of amides is 3. The zero-order valence-electron chi connectivity index (χ0n) is 16.9. The summed E-state index contributed by atoms with van der Waals surface area (Å²) in [5.41, 5.74) is 0.335. The molecule has 0 N–H and O–H groups in total. The molecule has 2 atom stereocenters. The Morgan fingerprint density at radius 3 is 2.00 bits per heavy atom. The normalized spacial score (nSPS) is 20.3. The lowest BCUT2D eigenvalue weighted by Crippen LogP contribution is -2.52. The number of hydrogen-bond acceptors (Lipinski definition) is 4. The number of imide groups is 1. The third-order valence-corrected chi connectivity index (χ3v) is 6.71. The first-order chi connectivity index (χ1) is 15.3. The lowest BCUT2D eigenvalue weighted by atomic mass is 9.81. The van der Waals surface area contributed by atoms with Crippen molar-refractivity contribution in [1.29, 1.82) is 0 Å². The van der Waals surface area contributed by atoms with Gasteiger partial charge in [-0.15, -0.1) is 0 Å². The van der Waals surface area contributed by atoms with E-state index in [0.717, 1.165) is 22.9 Å². The molecule has 4 rings (SSSR count). The van der Waals surface area contributed by atoms with Crippen LogP contribution in [0.1, 0.15) is 46.4 Å². The summed E-state index contributed by atoms with van der Waals surface area (Å²) < 4.78 is 0. The maximum absolute atomic E-state index is 13.4. The molecule has 1 heterocycles. The number of ketones is 1. The van der Waals surface area contributed by atoms with E-state index >= 15 is 0 Å². The van der Waals surface area contributed by atoms with Crippen LogP contribution in [0.15, 0.2) is 42.5 Å². The van der Waals surface area contributed by atoms with Gasteiger partial charge in [0.25, 0.3) is 17.7 Å². The van der Waals surface area contributed by atoms with E-state index in [1.54, 1.807) is 0 Å². The van der Waals surface area contributed by atoms with E-state index in [1.165, 1.54) is 42.5 Å². The van der Waals surface area contributed by atoms with Gasteiger partial charge in [-0.05, 0) is 55.3 Å². The van der Waals surface area contributed by atoms with Crippen LogP contribution in [0.25, 0.3) is 0 Å². The maximum atomic E-state index is 13.4. The fourth-order valence-electron chi connectivity index (χ4n) is 4.29. The van der Waals surface area contributed by atoms with Gasteiger partial charge in [0.1, 0.15) is 6.54 Å². The number of hydrogen-bond donors (Lipinski definition) is 0. The van der Waals surface area contributed by atoms with Gasteiger partial charge in [-0.25, -0.2) is 5.01 Å². The van der Waals surface area contributed by atoms with Crippen molar-refractivity contribution in [2.24, 2.45) is 11.8 Å². The first-order valence-corrected chi connectivity index (χ1v) is 11.3. The molecule has 9 heteroatoms. The summed E-state index contributed by atoms with van der Waals surface area (Å²) in [6.45, 7) is -0.528. The average molecular weight is 494 g/mol. The van der Waals surface area contributed by atoms with Crippen molar-refractivity contribution < 1.29 is 19.2 Å². The van der Waals surface area contributed by atoms with Gasteiger partial charge in [-0.2, -0.15) is 5.01 Å². The quantitative estimate of drug-likeness (QED) is 0.431. The summed E-state index contributed by atoms with van der Waals surface area (Å²) >= 11 is 18.0. The Morgan fingerprint density at radius 2 is 1.44 bits per heavy atom. The van der Waals surface area contributed by atoms with Crippen LogP contribution in [0.3, 0.4) is 0 Å². The molecule has 1 aliphatic carbocycles. The molecule has 0 aromatic heterocycles. The van der Waals surface area contributed by atoms with E-state index in [-0.39, 0.29) is 16.1 Å². The van der Waals surface area contributed by atoms with E-state index < -0.39 is 41.9 Å². The van der Waals surface area contributed by atoms with Gasteiger partial charge in [0.15, 0.2) is 5.78 Å². The van der Waals surface area contributed by atoms with Crippen LogP contribution >= 0.6 is 34.8 Å². The number of Topliss-reactive ketones (excluding diaryl/α,β-unsaturated/α-hetero) is 1. The highest BCUT2D eigenvalue weighted by molar-refractivity contribution is 6.37. The Hall–Kier alpha value is -2.41. The first kappa shape index (κ1) is 22.8. The second-order valence-corrected chi connectivity index (χ2v) is 9.18. The molecule has 0 radical (unpaired) electrons. The number of nitrogens with zero attached hydrogens (tertiary/aromatic N) is 2. The SMILES string of the molecule is O=C(CN(C(=O)c1ccc(Cl)cc1)N1C(=O)[C@@H]2CCCC[C@H]2C1=O)c1ccc(Cl)cc1Cl. The monoisotopic (exact) mass is 492 g/mol. The zero-order valence-corrected chi connectivity index (χ0v) is 19.2. The van der Waals surface area contributed by atoms with Crippen LogP contribution in [0.2, 0.25) is 15.1 Å². The zero-order chi connectivity index (χ0) is 23.0. The highest BCUT2D eigenvalue weighted by Crippen LogP contribution is 2.39. The van der Waals surface area contributed by atoms with Gasteiger partial charge in [0.05, 0.1) is 16.9 Å². The van der Waals surface area contributed by atoms with Crippen molar-refractivity contribution in [3.8, 4) is 0 Å². The minimum atomic E-state index is -0.652. The predicted molar refractivity (Wildman–Crippen MR) is 121 cm³/mol. The van der Waals surface area contributed by atoms with Crippen LogP contribution in [0.4, 0.5) is 0 Å². The van der Waals surface area contributed by atoms with Gasteiger partial charge in [-0.3, -0.25) is 19.2 Å². The Bertz CT molecular complexity index is 1080. The van der Waals surface area contributed by atoms with Crippen LogP contribution in [0.5, 0.6) is 0 Å². The van der Waals surface area contributed by atoms with Crippen molar-refractivity contribution in [2.75, 3.05) is 6.54 Å². The number of halogens is 3. The van der Waals surface area contributed by atoms with E-state index in [0.29, 0.717) is 22.9 Å². The summed E-state index contributed by atoms with van der Waals surface area (Å²) in [6.07, 6.45) is 2.87. The summed E-state index contributed by atoms with van der Waals surface area (Å²) in [5, 5.41) is 2.69. The van der Waals surface area contributed by atoms with Crippen LogP contribution in [0, 0.1) is 11.8 Å². The topological polar surface area (TPSA) is 74.8 Å². The molecule has 2 fully saturated rings. The number of benzene rings is 2. The number of hydrazine groups is 1. The van der Waals surface area contributed by atoms with E-state index in [4.69, 9.17) is 34.8 Å². The van der Waals surface area contributed by atoms with Gasteiger partial charge in [-0.1, -0.05) is 47.6 Å². The lowest BCUT2D eigenvalue weighted by molar-refractivity contribution is -0.154. The summed E-state index contributed by atoms with van der Waals surface area (Å²) in [5.74, 6) is -3.00. The second kappa shape index (κ2) is 9.22. The molecule has 2 aromatic carbocycles. The maximum Gasteiger partial charge on any atom is 0.273 e. The molecule has 0 bridgehead atoms. The molecular formula is C23H19Cl3N2O4. The first-order valence-electron chi connectivity index (χ1n) is 10.2. The number of carbonyl (C=O) groups is 4. The Morgan fingerprint density at radius 1 is 0.875 bits per heavy atom. The molecule has 1 saturated carbocycles. The highest BCUT2D eigenvalue weighted by atomic mass is 35.5. The molecule has 6 nitrogen and oxygen atoms in total. The highest BCUT2D eigenvalue weighted by Gasteiger charge is 2.51. The molecule has 0 unspecified atom stereocenters. The van der Waals surface area contributed by atoms with E-state index in [9.17, 15) is 19.2 Å². The van der Waals surface area contributed by atoms with Gasteiger partial charge in [0, 0.05) is 21.2 Å². The largest absolute Gasteiger partial charge is 0.292 e. The van der Waals surface area contributed by atoms with E-state index in [1.807, 2.05) is 0 Å². The number of fused-ring (bicyclic) bond motifs is 1. The molecule has 1 saturated heterocycles. The van der Waals surface area contributed by atoms with Gasteiger partial charge in [0.2, 0.25) is 0 Å². The molecule has 1 aliphatic heterocycles. The van der Waals surface area contributed by atoms with Gasteiger partial charge >= 0.3 is 0 Å². The fraction of sp³-hybridized carbons (Fsp3) is 0.304. The van der Waals surface area contributed by atoms with Crippen molar-refractivity contribution in [1.82, 2.24) is 10.0 Å². The molecule has 0 spiro atoms. The molecular weight excluding hydrogens is 475 g/mol. The summed E-state index contributed by atoms with van der Waals surface area (Å²) in [6, 6.07) is 10.4. The van der Waals surface area contributed by atoms with Crippen molar-refractivity contribution in [3.05, 3.63) is 68.7 Å². The van der Waals surface area contributed by atoms with Crippen LogP contribution in [-0.2, 0) is 9.59 Å². The van der Waals surface area contributed by atoms with Crippen molar-refractivity contribution in [3.63, 3.8) is 0 Å². The van der Waals surface area contributed by atoms with Crippen molar-refractivity contribution >= 4 is 58.3 Å². The Balaban J connectivity index is 1.70. The standard InChI is InChI=1S/C23H19Cl3N2O4/c24-14-7-5-13(6-8-14)21(30)27(12-20(29)18-10-9-15(25)11-19(18)26)28-22(31)16-3-1-2-4-17(16)23(28)32/h5-11,16-17H,1-4,12H2/t16-,17-/m1/s1. The third-order valence-electron chi connectivity index (χ3n) is 5.91. The second-order valence-electron chi connectivity index (χ2n) is 7.90. The van der Waals surface area contributed by atoms with Crippen molar-refractivity contribution in [2.45, 2.75) is 25.7 Å². The molecule has 2 aliphatic rings. The summed E-state index contributed by atoms with van der Waals surface area (Å²) in [4.78, 5) is 52.7. The Labute approximate surface area is 200 Å². The molecule has 3 amide bonds. The minimum absolute atomic E-state index is 0.120. The van der Waals surface area contributed by atoms with Crippen LogP contribution in [-0.4, -0.2) is 40.1 Å². The smallest absolute Gasteiger partial charge is 0.273 e. The molecule has 32 heavy (non-hydrogen) atoms. The van der Waals surface area contributed by atoms with Crippen LogP contribution < -0.4 is 0 Å². The predicted octanol–water partition coefficient (Wildman–Crippen LogP) is 5.06. The summed E-state index contributed by atoms with van der Waals surface area (Å²) in [7, 11) is 0. The third kappa shape index (κ3) is 4.27. The number of rotatable bonds is 5. The van der Waals surface area contributed by atoms with Gasteiger partial charge < -0.3 is 0 Å².